The maximum atomic E-state index is 14.2. The predicted octanol–water partition coefficient (Wildman–Crippen LogP) is 4.75. The number of carbonyl (C=O) groups excluding carboxylic acids is 2. The van der Waals surface area contributed by atoms with Gasteiger partial charge in [-0.25, -0.2) is 22.4 Å². The fourth-order valence-electron chi connectivity index (χ4n) is 4.59. The van der Waals surface area contributed by atoms with Crippen LogP contribution in [-0.2, 0) is 17.9 Å². The summed E-state index contributed by atoms with van der Waals surface area (Å²) in [7, 11) is 1.10. The van der Waals surface area contributed by atoms with Crippen molar-refractivity contribution in [3.63, 3.8) is 0 Å². The number of esters is 1. The molecule has 13 heteroatoms. The third-order valence-electron chi connectivity index (χ3n) is 6.87. The molecule has 0 radical (unpaired) electrons. The fourth-order valence-corrected chi connectivity index (χ4v) is 4.59. The Kier molecular flexibility index (Phi) is 8.83. The number of anilines is 1. The fraction of sp³-hybridized carbons (Fsp3) is 0.194. The van der Waals surface area contributed by atoms with Crippen LogP contribution in [0.2, 0.25) is 0 Å². The number of nitrogens with one attached hydrogen (secondary N) is 2. The molecule has 1 aliphatic rings. The minimum Gasteiger partial charge on any atom is -0.489 e. The van der Waals surface area contributed by atoms with Crippen molar-refractivity contribution in [3.05, 3.63) is 123 Å². The number of benzene rings is 3. The van der Waals surface area contributed by atoms with Crippen LogP contribution < -0.4 is 25.5 Å². The maximum Gasteiger partial charge on any atom is 0.358 e. The summed E-state index contributed by atoms with van der Waals surface area (Å²) in [5, 5.41) is 5.36. The second-order valence-electron chi connectivity index (χ2n) is 9.75. The van der Waals surface area contributed by atoms with E-state index in [9.17, 15) is 31.9 Å². The lowest BCUT2D eigenvalue weighted by Gasteiger charge is -2.24. The number of ether oxygens (including phenoxy) is 3. The molecule has 1 aromatic heterocycles. The summed E-state index contributed by atoms with van der Waals surface area (Å²) in [5.41, 5.74) is -1.01. The second kappa shape index (κ2) is 12.9. The monoisotopic (exact) mass is 611 g/mol. The van der Waals surface area contributed by atoms with Crippen molar-refractivity contribution >= 4 is 17.6 Å². The molecular formula is C31H25F4N3O6. The first-order valence-electron chi connectivity index (χ1n) is 13.3. The van der Waals surface area contributed by atoms with Crippen LogP contribution in [-0.4, -0.2) is 36.7 Å². The molecular weight excluding hydrogens is 586 g/mol. The third kappa shape index (κ3) is 6.36. The highest BCUT2D eigenvalue weighted by Gasteiger charge is 2.31. The van der Waals surface area contributed by atoms with E-state index in [-0.39, 0.29) is 49.0 Å². The highest BCUT2D eigenvalue weighted by molar-refractivity contribution is 5.97. The van der Waals surface area contributed by atoms with Gasteiger partial charge in [0.05, 0.1) is 18.8 Å². The Balaban J connectivity index is 1.56. The number of pyridine rings is 1. The van der Waals surface area contributed by atoms with E-state index in [4.69, 9.17) is 14.2 Å². The molecule has 0 aliphatic carbocycles. The SMILES string of the molecule is COC(=O)c1c(OCc2ccccc2)c(=O)c(C(=O)NCc2ccc(F)cc2F)cn1C1CNc2cc(F)c(F)cc2OC1. The number of amides is 1. The van der Waals surface area contributed by atoms with Crippen molar-refractivity contribution in [1.82, 2.24) is 9.88 Å². The lowest BCUT2D eigenvalue weighted by molar-refractivity contribution is 0.0575. The molecule has 5 rings (SSSR count). The molecule has 4 aromatic rings. The van der Waals surface area contributed by atoms with Gasteiger partial charge in [-0.1, -0.05) is 36.4 Å². The third-order valence-corrected chi connectivity index (χ3v) is 6.87. The van der Waals surface area contributed by atoms with E-state index in [1.54, 1.807) is 30.3 Å². The van der Waals surface area contributed by atoms with Crippen LogP contribution in [0.25, 0.3) is 0 Å². The molecule has 44 heavy (non-hydrogen) atoms. The summed E-state index contributed by atoms with van der Waals surface area (Å²) in [6.07, 6.45) is 1.10. The predicted molar refractivity (Wildman–Crippen MR) is 150 cm³/mol. The Morgan fingerprint density at radius 2 is 1.77 bits per heavy atom. The Bertz CT molecular complexity index is 1750. The van der Waals surface area contributed by atoms with Gasteiger partial charge in [0.15, 0.2) is 23.1 Å². The minimum atomic E-state index is -1.13. The van der Waals surface area contributed by atoms with Gasteiger partial charge in [0, 0.05) is 43.0 Å². The van der Waals surface area contributed by atoms with Gasteiger partial charge in [-0.05, 0) is 11.6 Å². The van der Waals surface area contributed by atoms with Gasteiger partial charge in [0.25, 0.3) is 5.91 Å². The topological polar surface area (TPSA) is 108 Å². The summed E-state index contributed by atoms with van der Waals surface area (Å²) in [4.78, 5) is 40.1. The van der Waals surface area contributed by atoms with Crippen molar-refractivity contribution in [2.45, 2.75) is 19.2 Å². The zero-order valence-electron chi connectivity index (χ0n) is 23.2. The smallest absolute Gasteiger partial charge is 0.358 e. The van der Waals surface area contributed by atoms with E-state index in [1.807, 2.05) is 0 Å². The van der Waals surface area contributed by atoms with Gasteiger partial charge in [-0.3, -0.25) is 9.59 Å². The highest BCUT2D eigenvalue weighted by atomic mass is 19.2. The van der Waals surface area contributed by atoms with E-state index in [1.165, 1.54) is 4.57 Å². The van der Waals surface area contributed by atoms with Crippen molar-refractivity contribution in [1.29, 1.82) is 0 Å². The number of rotatable bonds is 8. The first-order valence-corrected chi connectivity index (χ1v) is 13.3. The van der Waals surface area contributed by atoms with Gasteiger partial charge in [0.2, 0.25) is 5.43 Å². The van der Waals surface area contributed by atoms with Crippen LogP contribution >= 0.6 is 0 Å². The summed E-state index contributed by atoms with van der Waals surface area (Å²) in [5.74, 6) is -6.34. The summed E-state index contributed by atoms with van der Waals surface area (Å²) in [6, 6.07) is 12.5. The molecule has 0 bridgehead atoms. The Hall–Kier alpha value is -5.33. The standard InChI is InChI=1S/C31H25F4N3O6/c1-42-31(41)27-29(44-15-17-5-3-2-4-6-17)28(39)21(30(40)37-12-18-7-8-19(32)9-22(18)33)14-38(27)20-13-36-25-10-23(34)24(35)11-26(25)43-16-20/h2-11,14,20,36H,12-13,15-16H2,1H3,(H,37,40). The number of aromatic nitrogens is 1. The number of hydrogen-bond acceptors (Lipinski definition) is 7. The zero-order valence-corrected chi connectivity index (χ0v) is 23.2. The molecule has 1 unspecified atom stereocenters. The molecule has 228 valence electrons. The van der Waals surface area contributed by atoms with Gasteiger partial charge < -0.3 is 29.4 Å². The Labute approximate surface area is 248 Å². The van der Waals surface area contributed by atoms with Gasteiger partial charge in [0.1, 0.15) is 36.2 Å². The maximum absolute atomic E-state index is 14.2. The molecule has 0 fully saturated rings. The zero-order chi connectivity index (χ0) is 31.4. The van der Waals surface area contributed by atoms with Crippen LogP contribution in [0, 0.1) is 23.3 Å². The Morgan fingerprint density at radius 1 is 1.02 bits per heavy atom. The molecule has 1 aliphatic heterocycles. The normalized spacial score (nSPS) is 14.0. The lowest BCUT2D eigenvalue weighted by Crippen LogP contribution is -2.35. The summed E-state index contributed by atoms with van der Waals surface area (Å²) in [6.45, 7) is -0.776. The molecule has 3 aromatic carbocycles. The number of methoxy groups -OCH3 is 1. The quantitative estimate of drug-likeness (QED) is 0.219. The van der Waals surface area contributed by atoms with E-state index >= 15 is 0 Å². The lowest BCUT2D eigenvalue weighted by atomic mass is 10.1. The van der Waals surface area contributed by atoms with Crippen molar-refractivity contribution in [2.75, 3.05) is 25.6 Å². The number of hydrogen-bond donors (Lipinski definition) is 2. The van der Waals surface area contributed by atoms with E-state index < -0.39 is 57.9 Å². The molecule has 9 nitrogen and oxygen atoms in total. The van der Waals surface area contributed by atoms with Crippen molar-refractivity contribution in [3.8, 4) is 11.5 Å². The highest BCUT2D eigenvalue weighted by Crippen LogP contribution is 2.32. The minimum absolute atomic E-state index is 0.00639. The molecule has 2 N–H and O–H groups in total. The second-order valence-corrected chi connectivity index (χ2v) is 9.75. The summed E-state index contributed by atoms with van der Waals surface area (Å²) >= 11 is 0. The average molecular weight is 612 g/mol. The van der Waals surface area contributed by atoms with Crippen molar-refractivity contribution in [2.24, 2.45) is 0 Å². The first-order chi connectivity index (χ1) is 21.2. The van der Waals surface area contributed by atoms with Crippen molar-refractivity contribution < 1.29 is 41.4 Å². The number of carbonyl (C=O) groups is 2. The van der Waals surface area contributed by atoms with Crippen LogP contribution in [0.15, 0.2) is 71.7 Å². The molecule has 0 spiro atoms. The largest absolute Gasteiger partial charge is 0.489 e. The van der Waals surface area contributed by atoms with Crippen LogP contribution in [0.3, 0.4) is 0 Å². The van der Waals surface area contributed by atoms with E-state index in [0.717, 1.165) is 37.6 Å². The Morgan fingerprint density at radius 3 is 2.50 bits per heavy atom. The van der Waals surface area contributed by atoms with Gasteiger partial charge in [-0.2, -0.15) is 0 Å². The average Bonchev–Trinajstić information content (AvgIpc) is 3.22. The molecule has 0 saturated carbocycles. The number of nitrogens with zero attached hydrogens (tertiary/aromatic N) is 1. The first kappa shape index (κ1) is 30.1. The van der Waals surface area contributed by atoms with Crippen LogP contribution in [0.5, 0.6) is 11.5 Å². The summed E-state index contributed by atoms with van der Waals surface area (Å²) < 4.78 is 73.1. The van der Waals surface area contributed by atoms with E-state index in [2.05, 4.69) is 10.6 Å². The van der Waals surface area contributed by atoms with Crippen LogP contribution in [0.4, 0.5) is 23.2 Å². The van der Waals surface area contributed by atoms with Gasteiger partial charge >= 0.3 is 5.97 Å². The number of fused-ring (bicyclic) bond motifs is 1. The van der Waals surface area contributed by atoms with Crippen LogP contribution in [0.1, 0.15) is 38.0 Å². The van der Waals surface area contributed by atoms with Gasteiger partial charge in [-0.15, -0.1) is 0 Å². The number of halogens is 4. The van der Waals surface area contributed by atoms with E-state index in [0.29, 0.717) is 11.6 Å². The molecule has 1 amide bonds. The molecule has 0 saturated heterocycles. The molecule has 1 atom stereocenters. The molecule has 2 heterocycles.